The lowest BCUT2D eigenvalue weighted by Gasteiger charge is -2.09. The molecule has 0 aromatic heterocycles. The lowest BCUT2D eigenvalue weighted by Crippen LogP contribution is -2.18. The van der Waals surface area contributed by atoms with Gasteiger partial charge in [0, 0.05) is 24.7 Å². The molecule has 104 valence electrons. The lowest BCUT2D eigenvalue weighted by atomic mass is 10.3. The van der Waals surface area contributed by atoms with Gasteiger partial charge < -0.3 is 15.4 Å². The van der Waals surface area contributed by atoms with Gasteiger partial charge in [0.05, 0.1) is 0 Å². The molecule has 20 heavy (non-hydrogen) atoms. The fraction of sp³-hybridized carbons (Fsp3) is 0.188. The van der Waals surface area contributed by atoms with Gasteiger partial charge in [0.1, 0.15) is 11.5 Å². The third-order valence-electron chi connectivity index (χ3n) is 2.70. The molecule has 0 saturated heterocycles. The van der Waals surface area contributed by atoms with Crippen molar-refractivity contribution in [1.82, 2.24) is 5.32 Å². The Labute approximate surface area is 118 Å². The van der Waals surface area contributed by atoms with E-state index in [1.54, 1.807) is 0 Å². The van der Waals surface area contributed by atoms with E-state index < -0.39 is 0 Å². The number of hydrogen-bond acceptors (Lipinski definition) is 3. The monoisotopic (exact) mass is 270 g/mol. The first-order valence-electron chi connectivity index (χ1n) is 6.55. The highest BCUT2D eigenvalue weighted by Gasteiger charge is 2.03. The number of ether oxygens (including phenoxy) is 1. The van der Waals surface area contributed by atoms with Gasteiger partial charge in [0.2, 0.25) is 5.91 Å². The van der Waals surface area contributed by atoms with E-state index in [2.05, 4.69) is 10.6 Å². The van der Waals surface area contributed by atoms with Crippen LogP contribution < -0.4 is 15.4 Å². The van der Waals surface area contributed by atoms with Crippen molar-refractivity contribution < 1.29 is 9.53 Å². The van der Waals surface area contributed by atoms with Crippen molar-refractivity contribution in [3.8, 4) is 11.5 Å². The summed E-state index contributed by atoms with van der Waals surface area (Å²) in [6.07, 6.45) is 0.445. The molecule has 2 rings (SSSR count). The second kappa shape index (κ2) is 7.31. The molecule has 0 unspecified atom stereocenters. The van der Waals surface area contributed by atoms with Crippen LogP contribution in [0, 0.1) is 0 Å². The molecule has 0 aliphatic heterocycles. The summed E-state index contributed by atoms with van der Waals surface area (Å²) in [5.74, 6) is 1.45. The Morgan fingerprint density at radius 3 is 2.55 bits per heavy atom. The minimum atomic E-state index is -0.0174. The number of rotatable bonds is 6. The highest BCUT2D eigenvalue weighted by atomic mass is 16.5. The normalized spacial score (nSPS) is 10.1. The summed E-state index contributed by atoms with van der Waals surface area (Å²) in [7, 11) is 1.82. The molecule has 0 aliphatic carbocycles. The topological polar surface area (TPSA) is 50.4 Å². The van der Waals surface area contributed by atoms with Gasteiger partial charge in [-0.2, -0.15) is 0 Å². The fourth-order valence-electron chi connectivity index (χ4n) is 1.72. The van der Waals surface area contributed by atoms with Gasteiger partial charge in [-0.25, -0.2) is 0 Å². The first-order chi connectivity index (χ1) is 9.78. The third-order valence-corrected chi connectivity index (χ3v) is 2.70. The SMILES string of the molecule is CNCCC(=O)Nc1cccc(Oc2ccccc2)c1. The van der Waals surface area contributed by atoms with E-state index in [-0.39, 0.29) is 5.91 Å². The molecule has 0 spiro atoms. The Bertz CT molecular complexity index is 555. The molecule has 1 amide bonds. The van der Waals surface area contributed by atoms with Crippen LogP contribution in [0.1, 0.15) is 6.42 Å². The lowest BCUT2D eigenvalue weighted by molar-refractivity contribution is -0.116. The highest BCUT2D eigenvalue weighted by Crippen LogP contribution is 2.23. The van der Waals surface area contributed by atoms with E-state index in [4.69, 9.17) is 4.74 Å². The zero-order valence-corrected chi connectivity index (χ0v) is 11.4. The first kappa shape index (κ1) is 14.1. The van der Waals surface area contributed by atoms with E-state index >= 15 is 0 Å². The minimum Gasteiger partial charge on any atom is -0.457 e. The Balaban J connectivity index is 1.99. The Kier molecular flexibility index (Phi) is 5.15. The van der Waals surface area contributed by atoms with Crippen LogP contribution >= 0.6 is 0 Å². The van der Waals surface area contributed by atoms with Gasteiger partial charge in [-0.05, 0) is 31.3 Å². The van der Waals surface area contributed by atoms with Crippen LogP contribution in [0.4, 0.5) is 5.69 Å². The molecule has 0 radical (unpaired) electrons. The largest absolute Gasteiger partial charge is 0.457 e. The van der Waals surface area contributed by atoms with Crippen LogP contribution in [-0.2, 0) is 4.79 Å². The summed E-state index contributed by atoms with van der Waals surface area (Å²) >= 11 is 0. The standard InChI is InChI=1S/C16H18N2O2/c1-17-11-10-16(19)18-13-6-5-9-15(12-13)20-14-7-3-2-4-8-14/h2-9,12,17H,10-11H2,1H3,(H,18,19). The fourth-order valence-corrected chi connectivity index (χ4v) is 1.72. The minimum absolute atomic E-state index is 0.0174. The number of benzene rings is 2. The highest BCUT2D eigenvalue weighted by molar-refractivity contribution is 5.91. The second-order valence-corrected chi connectivity index (χ2v) is 4.34. The van der Waals surface area contributed by atoms with Crippen molar-refractivity contribution in [2.45, 2.75) is 6.42 Å². The Hall–Kier alpha value is -2.33. The van der Waals surface area contributed by atoms with Crippen molar-refractivity contribution in [1.29, 1.82) is 0 Å². The number of anilines is 1. The predicted molar refractivity (Wildman–Crippen MR) is 80.1 cm³/mol. The van der Waals surface area contributed by atoms with Gasteiger partial charge in [-0.3, -0.25) is 4.79 Å². The molecule has 0 atom stereocenters. The maximum absolute atomic E-state index is 11.6. The molecule has 2 aromatic carbocycles. The van der Waals surface area contributed by atoms with Crippen LogP contribution in [0.5, 0.6) is 11.5 Å². The number of carbonyl (C=O) groups excluding carboxylic acids is 1. The number of nitrogens with one attached hydrogen (secondary N) is 2. The summed E-state index contributed by atoms with van der Waals surface area (Å²) in [5.41, 5.74) is 0.736. The predicted octanol–water partition coefficient (Wildman–Crippen LogP) is 3.03. The summed E-state index contributed by atoms with van der Waals surface area (Å²) in [5, 5.41) is 5.79. The average Bonchev–Trinajstić information content (AvgIpc) is 2.46. The van der Waals surface area contributed by atoms with Gasteiger partial charge in [0.25, 0.3) is 0 Å². The zero-order valence-electron chi connectivity index (χ0n) is 11.4. The second-order valence-electron chi connectivity index (χ2n) is 4.34. The molecule has 2 aromatic rings. The van der Waals surface area contributed by atoms with Crippen molar-refractivity contribution in [2.24, 2.45) is 0 Å². The first-order valence-corrected chi connectivity index (χ1v) is 6.55. The maximum Gasteiger partial charge on any atom is 0.225 e. The van der Waals surface area contributed by atoms with E-state index in [1.807, 2.05) is 61.6 Å². The number of para-hydroxylation sites is 1. The summed E-state index contributed by atoms with van der Waals surface area (Å²) in [6, 6.07) is 16.9. The van der Waals surface area contributed by atoms with E-state index in [1.165, 1.54) is 0 Å². The van der Waals surface area contributed by atoms with Gasteiger partial charge in [-0.15, -0.1) is 0 Å². The molecule has 0 fully saturated rings. The summed E-state index contributed by atoms with van der Waals surface area (Å²) < 4.78 is 5.72. The number of carbonyl (C=O) groups is 1. The molecular formula is C16H18N2O2. The Morgan fingerprint density at radius 2 is 1.80 bits per heavy atom. The Morgan fingerprint density at radius 1 is 1.05 bits per heavy atom. The molecular weight excluding hydrogens is 252 g/mol. The molecule has 0 aliphatic rings. The van der Waals surface area contributed by atoms with Crippen molar-refractivity contribution >= 4 is 11.6 Å². The quantitative estimate of drug-likeness (QED) is 0.848. The van der Waals surface area contributed by atoms with E-state index in [0.29, 0.717) is 18.7 Å². The molecule has 0 saturated carbocycles. The van der Waals surface area contributed by atoms with E-state index in [9.17, 15) is 4.79 Å². The van der Waals surface area contributed by atoms with Crippen LogP contribution in [0.3, 0.4) is 0 Å². The molecule has 0 heterocycles. The molecule has 4 heteroatoms. The average molecular weight is 270 g/mol. The van der Waals surface area contributed by atoms with Crippen LogP contribution in [-0.4, -0.2) is 19.5 Å². The van der Waals surface area contributed by atoms with Gasteiger partial charge in [-0.1, -0.05) is 24.3 Å². The van der Waals surface area contributed by atoms with Gasteiger partial charge in [0.15, 0.2) is 0 Å². The van der Waals surface area contributed by atoms with Crippen LogP contribution in [0.15, 0.2) is 54.6 Å². The number of hydrogen-bond donors (Lipinski definition) is 2. The van der Waals surface area contributed by atoms with Crippen LogP contribution in [0.2, 0.25) is 0 Å². The smallest absolute Gasteiger partial charge is 0.225 e. The zero-order chi connectivity index (χ0) is 14.2. The van der Waals surface area contributed by atoms with Crippen molar-refractivity contribution in [3.63, 3.8) is 0 Å². The van der Waals surface area contributed by atoms with Gasteiger partial charge >= 0.3 is 0 Å². The van der Waals surface area contributed by atoms with Crippen LogP contribution in [0.25, 0.3) is 0 Å². The van der Waals surface area contributed by atoms with Crippen molar-refractivity contribution in [3.05, 3.63) is 54.6 Å². The molecule has 0 bridgehead atoms. The summed E-state index contributed by atoms with van der Waals surface area (Å²) in [6.45, 7) is 0.659. The van der Waals surface area contributed by atoms with E-state index in [0.717, 1.165) is 11.4 Å². The molecule has 2 N–H and O–H groups in total. The third kappa shape index (κ3) is 4.40. The van der Waals surface area contributed by atoms with Crippen molar-refractivity contribution in [2.75, 3.05) is 18.9 Å². The number of amides is 1. The summed E-state index contributed by atoms with van der Waals surface area (Å²) in [4.78, 5) is 11.6. The maximum atomic E-state index is 11.6. The molecule has 4 nitrogen and oxygen atoms in total.